The van der Waals surface area contributed by atoms with E-state index in [1.165, 1.54) is 7.11 Å². The van der Waals surface area contributed by atoms with Crippen LogP contribution >= 0.6 is 0 Å². The van der Waals surface area contributed by atoms with Crippen LogP contribution in [0.1, 0.15) is 53.3 Å². The molecule has 0 aliphatic carbocycles. The van der Waals surface area contributed by atoms with Crippen LogP contribution < -0.4 is 0 Å². The molecule has 1 amide bonds. The Hall–Kier alpha value is -3.52. The highest BCUT2D eigenvalue weighted by molar-refractivity contribution is 6.00. The standard InChI is InChI=1S/C26H29N5O3/c1-30-14-6-9-21(16-30)25-27-24(29-34-25)23-15-22(28-33-2)17-31(23)26(32)20-12-10-19(11-13-20)18-7-4-3-5-8-18/h3-5,7-8,10-13,21,23H,6,9,14-17H2,1-2H3/t21-,23+/m1/s1. The minimum Gasteiger partial charge on any atom is -0.399 e. The second-order valence-electron chi connectivity index (χ2n) is 9.03. The van der Waals surface area contributed by atoms with Gasteiger partial charge in [-0.3, -0.25) is 4.79 Å². The minimum atomic E-state index is -0.339. The lowest BCUT2D eigenvalue weighted by Gasteiger charge is -2.27. The summed E-state index contributed by atoms with van der Waals surface area (Å²) in [5.74, 6) is 1.31. The molecule has 5 rings (SSSR count). The minimum absolute atomic E-state index is 0.0883. The van der Waals surface area contributed by atoms with Gasteiger partial charge in [-0.15, -0.1) is 0 Å². The van der Waals surface area contributed by atoms with Gasteiger partial charge in [-0.25, -0.2) is 0 Å². The van der Waals surface area contributed by atoms with E-state index in [2.05, 4.69) is 34.4 Å². The van der Waals surface area contributed by atoms with E-state index in [0.29, 0.717) is 30.2 Å². The summed E-state index contributed by atoms with van der Waals surface area (Å²) in [5, 5.41) is 8.39. The second-order valence-corrected chi connectivity index (χ2v) is 9.03. The third-order valence-electron chi connectivity index (χ3n) is 6.61. The molecule has 1 aromatic heterocycles. The van der Waals surface area contributed by atoms with Gasteiger partial charge in [0.05, 0.1) is 18.2 Å². The molecular weight excluding hydrogens is 430 g/mol. The summed E-state index contributed by atoms with van der Waals surface area (Å²) in [6, 6.07) is 17.5. The molecule has 2 fully saturated rings. The number of nitrogens with zero attached hydrogens (tertiary/aromatic N) is 5. The molecule has 2 atom stereocenters. The summed E-state index contributed by atoms with van der Waals surface area (Å²) in [6.07, 6.45) is 2.66. The number of carbonyl (C=O) groups is 1. The number of carbonyl (C=O) groups excluding carboxylic acids is 1. The van der Waals surface area contributed by atoms with Gasteiger partial charge < -0.3 is 19.2 Å². The van der Waals surface area contributed by atoms with Crippen molar-refractivity contribution >= 4 is 11.6 Å². The molecule has 3 aromatic rings. The Morgan fingerprint density at radius 3 is 2.62 bits per heavy atom. The van der Waals surface area contributed by atoms with Crippen molar-refractivity contribution < 1.29 is 14.2 Å². The average molecular weight is 460 g/mol. The molecule has 34 heavy (non-hydrogen) atoms. The number of amides is 1. The molecule has 0 saturated carbocycles. The van der Waals surface area contributed by atoms with Gasteiger partial charge in [-0.05, 0) is 49.7 Å². The Morgan fingerprint density at radius 1 is 1.12 bits per heavy atom. The van der Waals surface area contributed by atoms with E-state index in [0.717, 1.165) is 42.8 Å². The number of benzene rings is 2. The molecule has 2 saturated heterocycles. The summed E-state index contributed by atoms with van der Waals surface area (Å²) in [7, 11) is 3.62. The van der Waals surface area contributed by atoms with Crippen molar-refractivity contribution in [2.75, 3.05) is 33.8 Å². The Bertz CT molecular complexity index is 1160. The van der Waals surface area contributed by atoms with Gasteiger partial charge in [-0.2, -0.15) is 4.98 Å². The summed E-state index contributed by atoms with van der Waals surface area (Å²) in [4.78, 5) is 27.3. The van der Waals surface area contributed by atoms with Crippen LogP contribution in [0.2, 0.25) is 0 Å². The van der Waals surface area contributed by atoms with E-state index < -0.39 is 0 Å². The fraction of sp³-hybridized carbons (Fsp3) is 0.385. The van der Waals surface area contributed by atoms with Crippen molar-refractivity contribution in [3.8, 4) is 11.1 Å². The lowest BCUT2D eigenvalue weighted by Crippen LogP contribution is -2.32. The number of rotatable bonds is 5. The SMILES string of the molecule is CON=C1C[C@@H](c2noc([C@@H]3CCCN(C)C3)n2)N(C(=O)c2ccc(-c3ccccc3)cc2)C1. The highest BCUT2D eigenvalue weighted by atomic mass is 16.6. The van der Waals surface area contributed by atoms with Crippen molar-refractivity contribution in [2.45, 2.75) is 31.2 Å². The number of hydrogen-bond acceptors (Lipinski definition) is 7. The lowest BCUT2D eigenvalue weighted by atomic mass is 9.98. The molecule has 2 aliphatic rings. The van der Waals surface area contributed by atoms with Crippen molar-refractivity contribution in [1.82, 2.24) is 19.9 Å². The first-order chi connectivity index (χ1) is 16.6. The van der Waals surface area contributed by atoms with E-state index >= 15 is 0 Å². The Balaban J connectivity index is 1.38. The zero-order valence-electron chi connectivity index (χ0n) is 19.6. The van der Waals surface area contributed by atoms with Crippen LogP contribution in [0.5, 0.6) is 0 Å². The van der Waals surface area contributed by atoms with E-state index in [1.807, 2.05) is 42.5 Å². The molecule has 8 nitrogen and oxygen atoms in total. The first kappa shape index (κ1) is 22.3. The monoisotopic (exact) mass is 459 g/mol. The van der Waals surface area contributed by atoms with Crippen LogP contribution in [0.4, 0.5) is 0 Å². The molecule has 2 aliphatic heterocycles. The number of likely N-dealkylation sites (N-methyl/N-ethyl adjacent to an activating group) is 1. The molecule has 0 radical (unpaired) electrons. The maximum Gasteiger partial charge on any atom is 0.254 e. The summed E-state index contributed by atoms with van der Waals surface area (Å²) in [5.41, 5.74) is 3.58. The molecule has 0 bridgehead atoms. The molecule has 8 heteroatoms. The predicted molar refractivity (Wildman–Crippen MR) is 128 cm³/mol. The van der Waals surface area contributed by atoms with Crippen molar-refractivity contribution in [1.29, 1.82) is 0 Å². The maximum absolute atomic E-state index is 13.5. The largest absolute Gasteiger partial charge is 0.399 e. The van der Waals surface area contributed by atoms with E-state index in [1.54, 1.807) is 4.90 Å². The smallest absolute Gasteiger partial charge is 0.254 e. The van der Waals surface area contributed by atoms with Gasteiger partial charge in [0.15, 0.2) is 5.82 Å². The molecule has 0 spiro atoms. The van der Waals surface area contributed by atoms with E-state index in [-0.39, 0.29) is 17.9 Å². The first-order valence-corrected chi connectivity index (χ1v) is 11.7. The van der Waals surface area contributed by atoms with Gasteiger partial charge in [0.2, 0.25) is 5.89 Å². The van der Waals surface area contributed by atoms with Gasteiger partial charge >= 0.3 is 0 Å². The fourth-order valence-electron chi connectivity index (χ4n) is 4.86. The quantitative estimate of drug-likeness (QED) is 0.534. The van der Waals surface area contributed by atoms with Crippen molar-refractivity contribution in [3.63, 3.8) is 0 Å². The van der Waals surface area contributed by atoms with Gasteiger partial charge in [-0.1, -0.05) is 52.8 Å². The van der Waals surface area contributed by atoms with Gasteiger partial charge in [0.1, 0.15) is 13.2 Å². The van der Waals surface area contributed by atoms with E-state index in [4.69, 9.17) is 14.3 Å². The molecule has 3 heterocycles. The topological polar surface area (TPSA) is 84.1 Å². The number of hydrogen-bond donors (Lipinski definition) is 0. The Labute approximate surface area is 199 Å². The number of aromatic nitrogens is 2. The van der Waals surface area contributed by atoms with Crippen LogP contribution in [0.3, 0.4) is 0 Å². The molecule has 176 valence electrons. The highest BCUT2D eigenvalue weighted by Gasteiger charge is 2.38. The van der Waals surface area contributed by atoms with Crippen LogP contribution in [0.25, 0.3) is 11.1 Å². The summed E-state index contributed by atoms with van der Waals surface area (Å²) < 4.78 is 5.66. The summed E-state index contributed by atoms with van der Waals surface area (Å²) in [6.45, 7) is 2.36. The fourth-order valence-corrected chi connectivity index (χ4v) is 4.86. The molecule has 0 N–H and O–H groups in total. The maximum atomic E-state index is 13.5. The zero-order valence-corrected chi connectivity index (χ0v) is 19.6. The number of likely N-dealkylation sites (tertiary alicyclic amines) is 2. The summed E-state index contributed by atoms with van der Waals surface area (Å²) >= 11 is 0. The zero-order chi connectivity index (χ0) is 23.5. The van der Waals surface area contributed by atoms with Crippen LogP contribution in [0.15, 0.2) is 64.3 Å². The van der Waals surface area contributed by atoms with Crippen LogP contribution in [0, 0.1) is 0 Å². The van der Waals surface area contributed by atoms with E-state index in [9.17, 15) is 4.79 Å². The lowest BCUT2D eigenvalue weighted by molar-refractivity contribution is 0.0732. The van der Waals surface area contributed by atoms with Crippen LogP contribution in [-0.4, -0.2) is 65.4 Å². The second kappa shape index (κ2) is 9.77. The first-order valence-electron chi connectivity index (χ1n) is 11.7. The van der Waals surface area contributed by atoms with Gasteiger partial charge in [0, 0.05) is 18.5 Å². The molecule has 0 unspecified atom stereocenters. The highest BCUT2D eigenvalue weighted by Crippen LogP contribution is 2.33. The third-order valence-corrected chi connectivity index (χ3v) is 6.61. The van der Waals surface area contributed by atoms with Crippen LogP contribution in [-0.2, 0) is 4.84 Å². The number of oxime groups is 1. The van der Waals surface area contributed by atoms with Crippen molar-refractivity contribution in [2.24, 2.45) is 5.16 Å². The number of piperidine rings is 1. The molecular formula is C26H29N5O3. The molecule has 2 aromatic carbocycles. The Kier molecular flexibility index (Phi) is 6.40. The third kappa shape index (κ3) is 4.59. The predicted octanol–water partition coefficient (Wildman–Crippen LogP) is 4.14. The average Bonchev–Trinajstić information content (AvgIpc) is 3.52. The van der Waals surface area contributed by atoms with Crippen molar-refractivity contribution in [3.05, 3.63) is 71.9 Å². The Morgan fingerprint density at radius 2 is 1.88 bits per heavy atom. The van der Waals surface area contributed by atoms with Gasteiger partial charge in [0.25, 0.3) is 5.91 Å². The normalized spacial score (nSPS) is 22.3.